The molecule has 0 aliphatic heterocycles. The van der Waals surface area contributed by atoms with Gasteiger partial charge in [-0.15, -0.1) is 0 Å². The number of nitrogens with one attached hydrogen (secondary N) is 1. The number of benzene rings is 1. The normalized spacial score (nSPS) is 11.7. The van der Waals surface area contributed by atoms with Gasteiger partial charge in [-0.05, 0) is 57.4 Å². The number of aromatic nitrogens is 1. The number of amides is 1. The van der Waals surface area contributed by atoms with Gasteiger partial charge in [0.05, 0.1) is 11.3 Å². The molecular formula is C18H24N2OS. The molecule has 118 valence electrons. The highest BCUT2D eigenvalue weighted by atomic mass is 32.2. The van der Waals surface area contributed by atoms with Crippen molar-refractivity contribution < 1.29 is 4.79 Å². The van der Waals surface area contributed by atoms with Crippen LogP contribution < -0.4 is 5.32 Å². The van der Waals surface area contributed by atoms with Crippen LogP contribution in [0.15, 0.2) is 29.3 Å². The van der Waals surface area contributed by atoms with Crippen LogP contribution in [0.4, 0.5) is 0 Å². The quantitative estimate of drug-likeness (QED) is 0.863. The third kappa shape index (κ3) is 4.47. The summed E-state index contributed by atoms with van der Waals surface area (Å²) in [6, 6.07) is 8.49. The second kappa shape index (κ2) is 6.69. The summed E-state index contributed by atoms with van der Waals surface area (Å²) in [7, 11) is 0. The SMILES string of the molecule is CCc1cc2ccc(C)cc2nc1SCC(=O)NC(C)(C)C. The van der Waals surface area contributed by atoms with E-state index in [0.29, 0.717) is 5.75 Å². The molecule has 2 aromatic rings. The van der Waals surface area contributed by atoms with Gasteiger partial charge in [0.2, 0.25) is 5.91 Å². The van der Waals surface area contributed by atoms with E-state index < -0.39 is 0 Å². The van der Waals surface area contributed by atoms with Crippen LogP contribution in [0.3, 0.4) is 0 Å². The first kappa shape index (κ1) is 16.8. The smallest absolute Gasteiger partial charge is 0.230 e. The molecule has 0 spiro atoms. The number of fused-ring (bicyclic) bond motifs is 1. The summed E-state index contributed by atoms with van der Waals surface area (Å²) in [6.07, 6.45) is 0.917. The largest absolute Gasteiger partial charge is 0.351 e. The molecule has 0 saturated carbocycles. The predicted octanol–water partition coefficient (Wildman–Crippen LogP) is 4.11. The molecule has 0 fully saturated rings. The van der Waals surface area contributed by atoms with E-state index in [9.17, 15) is 4.79 Å². The van der Waals surface area contributed by atoms with Crippen molar-refractivity contribution in [3.63, 3.8) is 0 Å². The third-order valence-electron chi connectivity index (χ3n) is 3.25. The Hall–Kier alpha value is -1.55. The monoisotopic (exact) mass is 316 g/mol. The second-order valence-corrected chi connectivity index (χ2v) is 7.55. The van der Waals surface area contributed by atoms with Crippen LogP contribution in [-0.4, -0.2) is 22.2 Å². The van der Waals surface area contributed by atoms with Crippen molar-refractivity contribution in [3.05, 3.63) is 35.4 Å². The molecule has 0 aliphatic carbocycles. The minimum atomic E-state index is -0.195. The van der Waals surface area contributed by atoms with Gasteiger partial charge in [0.25, 0.3) is 0 Å². The predicted molar refractivity (Wildman–Crippen MR) is 94.5 cm³/mol. The maximum atomic E-state index is 12.0. The Morgan fingerprint density at radius 3 is 2.64 bits per heavy atom. The van der Waals surface area contributed by atoms with Crippen LogP contribution >= 0.6 is 11.8 Å². The van der Waals surface area contributed by atoms with Crippen LogP contribution in [-0.2, 0) is 11.2 Å². The Labute approximate surface area is 136 Å². The third-order valence-corrected chi connectivity index (χ3v) is 4.28. The molecule has 1 amide bonds. The second-order valence-electron chi connectivity index (χ2n) is 6.59. The van der Waals surface area contributed by atoms with E-state index in [1.165, 1.54) is 22.9 Å². The maximum Gasteiger partial charge on any atom is 0.230 e. The number of thioether (sulfide) groups is 1. The number of pyridine rings is 1. The minimum Gasteiger partial charge on any atom is -0.351 e. The average Bonchev–Trinajstić information content (AvgIpc) is 2.42. The fraction of sp³-hybridized carbons (Fsp3) is 0.444. The molecule has 1 N–H and O–H groups in total. The zero-order valence-electron chi connectivity index (χ0n) is 14.0. The number of aryl methyl sites for hydroxylation is 2. The van der Waals surface area contributed by atoms with Crippen molar-refractivity contribution in [1.29, 1.82) is 0 Å². The molecule has 0 atom stereocenters. The van der Waals surface area contributed by atoms with Crippen molar-refractivity contribution in [2.45, 2.75) is 51.6 Å². The molecular weight excluding hydrogens is 292 g/mol. The molecule has 0 unspecified atom stereocenters. The number of nitrogens with zero attached hydrogens (tertiary/aromatic N) is 1. The Balaban J connectivity index is 2.20. The van der Waals surface area contributed by atoms with E-state index in [4.69, 9.17) is 4.98 Å². The Morgan fingerprint density at radius 2 is 2.00 bits per heavy atom. The molecule has 0 radical (unpaired) electrons. The van der Waals surface area contributed by atoms with Gasteiger partial charge in [-0.25, -0.2) is 4.98 Å². The van der Waals surface area contributed by atoms with Crippen LogP contribution in [0.5, 0.6) is 0 Å². The summed E-state index contributed by atoms with van der Waals surface area (Å²) in [4.78, 5) is 16.7. The van der Waals surface area contributed by atoms with E-state index in [2.05, 4.69) is 43.4 Å². The standard InChI is InChI=1S/C18H24N2OS/c1-6-13-10-14-8-7-12(2)9-15(14)19-17(13)22-11-16(21)20-18(3,4)5/h7-10H,6,11H2,1-5H3,(H,20,21). The number of hydrogen-bond donors (Lipinski definition) is 1. The highest BCUT2D eigenvalue weighted by Crippen LogP contribution is 2.26. The van der Waals surface area contributed by atoms with Crippen molar-refractivity contribution >= 4 is 28.6 Å². The molecule has 22 heavy (non-hydrogen) atoms. The fourth-order valence-electron chi connectivity index (χ4n) is 2.27. The first-order chi connectivity index (χ1) is 10.3. The summed E-state index contributed by atoms with van der Waals surface area (Å²) in [6.45, 7) is 10.2. The van der Waals surface area contributed by atoms with E-state index in [0.717, 1.165) is 22.3 Å². The Kier molecular flexibility index (Phi) is 5.12. The van der Waals surface area contributed by atoms with Gasteiger partial charge in [-0.1, -0.05) is 30.8 Å². The summed E-state index contributed by atoms with van der Waals surface area (Å²) >= 11 is 1.52. The molecule has 3 nitrogen and oxygen atoms in total. The van der Waals surface area contributed by atoms with Gasteiger partial charge >= 0.3 is 0 Å². The van der Waals surface area contributed by atoms with Crippen LogP contribution in [0.25, 0.3) is 10.9 Å². The van der Waals surface area contributed by atoms with Gasteiger partial charge in [-0.3, -0.25) is 4.79 Å². The van der Waals surface area contributed by atoms with E-state index in [1.54, 1.807) is 0 Å². The first-order valence-electron chi connectivity index (χ1n) is 7.62. The zero-order chi connectivity index (χ0) is 16.3. The van der Waals surface area contributed by atoms with Crippen LogP contribution in [0, 0.1) is 6.92 Å². The molecule has 0 aliphatic rings. The molecule has 2 rings (SSSR count). The summed E-state index contributed by atoms with van der Waals surface area (Å²) < 4.78 is 0. The minimum absolute atomic E-state index is 0.0469. The Bertz CT molecular complexity index is 689. The highest BCUT2D eigenvalue weighted by Gasteiger charge is 2.15. The van der Waals surface area contributed by atoms with E-state index in [1.807, 2.05) is 20.8 Å². The number of carbonyl (C=O) groups is 1. The Morgan fingerprint density at radius 1 is 1.27 bits per heavy atom. The van der Waals surface area contributed by atoms with Crippen molar-refractivity contribution in [3.8, 4) is 0 Å². The summed E-state index contributed by atoms with van der Waals surface area (Å²) in [5.41, 5.74) is 3.20. The lowest BCUT2D eigenvalue weighted by atomic mass is 10.1. The van der Waals surface area contributed by atoms with Crippen LogP contribution in [0.2, 0.25) is 0 Å². The summed E-state index contributed by atoms with van der Waals surface area (Å²) in [5.74, 6) is 0.444. The van der Waals surface area contributed by atoms with E-state index >= 15 is 0 Å². The molecule has 4 heteroatoms. The zero-order valence-corrected chi connectivity index (χ0v) is 14.8. The van der Waals surface area contributed by atoms with Gasteiger partial charge in [0, 0.05) is 10.9 Å². The van der Waals surface area contributed by atoms with Crippen molar-refractivity contribution in [2.24, 2.45) is 0 Å². The summed E-state index contributed by atoms with van der Waals surface area (Å²) in [5, 5.41) is 5.11. The average molecular weight is 316 g/mol. The molecule has 0 saturated heterocycles. The molecule has 1 aromatic heterocycles. The van der Waals surface area contributed by atoms with Gasteiger partial charge < -0.3 is 5.32 Å². The number of carbonyl (C=O) groups excluding carboxylic acids is 1. The first-order valence-corrected chi connectivity index (χ1v) is 8.61. The lowest BCUT2D eigenvalue weighted by molar-refractivity contribution is -0.119. The molecule has 0 bridgehead atoms. The van der Waals surface area contributed by atoms with E-state index in [-0.39, 0.29) is 11.4 Å². The number of hydrogen-bond acceptors (Lipinski definition) is 3. The van der Waals surface area contributed by atoms with Crippen molar-refractivity contribution in [1.82, 2.24) is 10.3 Å². The molecule has 1 heterocycles. The lowest BCUT2D eigenvalue weighted by Crippen LogP contribution is -2.41. The van der Waals surface area contributed by atoms with Crippen molar-refractivity contribution in [2.75, 3.05) is 5.75 Å². The van der Waals surface area contributed by atoms with Gasteiger partial charge in [0.15, 0.2) is 0 Å². The van der Waals surface area contributed by atoms with Gasteiger partial charge in [-0.2, -0.15) is 0 Å². The maximum absolute atomic E-state index is 12.0. The fourth-order valence-corrected chi connectivity index (χ4v) is 3.16. The van der Waals surface area contributed by atoms with Crippen LogP contribution in [0.1, 0.15) is 38.8 Å². The number of rotatable bonds is 4. The van der Waals surface area contributed by atoms with Gasteiger partial charge in [0.1, 0.15) is 5.03 Å². The molecule has 1 aromatic carbocycles. The topological polar surface area (TPSA) is 42.0 Å². The highest BCUT2D eigenvalue weighted by molar-refractivity contribution is 7.99. The lowest BCUT2D eigenvalue weighted by Gasteiger charge is -2.20.